The Morgan fingerprint density at radius 1 is 1.42 bits per heavy atom. The molecule has 1 heterocycles. The number of aliphatic hydroxyl groups is 2. The highest BCUT2D eigenvalue weighted by Crippen LogP contribution is 2.25. The monoisotopic (exact) mass is 272 g/mol. The number of rotatable bonds is 7. The third-order valence-electron chi connectivity index (χ3n) is 4.05. The molecule has 4 N–H and O–H groups in total. The lowest BCUT2D eigenvalue weighted by molar-refractivity contribution is -0.125. The maximum atomic E-state index is 12.0. The van der Waals surface area contributed by atoms with Crippen molar-refractivity contribution in [3.05, 3.63) is 0 Å². The van der Waals surface area contributed by atoms with Crippen molar-refractivity contribution < 1.29 is 15.0 Å². The van der Waals surface area contributed by atoms with Crippen LogP contribution >= 0.6 is 0 Å². The van der Waals surface area contributed by atoms with Gasteiger partial charge in [0.2, 0.25) is 5.91 Å². The molecule has 0 aromatic heterocycles. The van der Waals surface area contributed by atoms with E-state index < -0.39 is 6.04 Å². The summed E-state index contributed by atoms with van der Waals surface area (Å²) in [5.74, 6) is 1.19. The Hall–Kier alpha value is -0.650. The van der Waals surface area contributed by atoms with Crippen molar-refractivity contribution in [3.63, 3.8) is 0 Å². The lowest BCUT2D eigenvalue weighted by atomic mass is 9.84. The van der Waals surface area contributed by atoms with Crippen molar-refractivity contribution in [1.82, 2.24) is 10.6 Å². The van der Waals surface area contributed by atoms with Gasteiger partial charge in [0.05, 0.1) is 25.3 Å². The molecule has 1 aliphatic rings. The van der Waals surface area contributed by atoms with Crippen molar-refractivity contribution in [2.45, 2.75) is 51.6 Å². The van der Waals surface area contributed by atoms with E-state index >= 15 is 0 Å². The van der Waals surface area contributed by atoms with E-state index in [4.69, 9.17) is 10.2 Å². The topological polar surface area (TPSA) is 81.6 Å². The lowest BCUT2D eigenvalue weighted by Gasteiger charge is -2.31. The van der Waals surface area contributed by atoms with E-state index in [0.717, 1.165) is 19.4 Å². The van der Waals surface area contributed by atoms with Gasteiger partial charge >= 0.3 is 0 Å². The number of nitrogens with one attached hydrogen (secondary N) is 2. The van der Waals surface area contributed by atoms with Gasteiger partial charge in [-0.2, -0.15) is 0 Å². The summed E-state index contributed by atoms with van der Waals surface area (Å²) in [6.07, 6.45) is 4.32. The summed E-state index contributed by atoms with van der Waals surface area (Å²) in [4.78, 5) is 12.0. The van der Waals surface area contributed by atoms with Gasteiger partial charge in [-0.3, -0.25) is 4.79 Å². The molecule has 1 amide bonds. The molecule has 5 heteroatoms. The van der Waals surface area contributed by atoms with Crippen LogP contribution in [0.3, 0.4) is 0 Å². The molecule has 1 aliphatic heterocycles. The summed E-state index contributed by atoms with van der Waals surface area (Å²) < 4.78 is 0. The van der Waals surface area contributed by atoms with Crippen LogP contribution in [-0.4, -0.2) is 48.0 Å². The van der Waals surface area contributed by atoms with E-state index in [2.05, 4.69) is 24.5 Å². The highest BCUT2D eigenvalue weighted by molar-refractivity contribution is 5.82. The molecule has 19 heavy (non-hydrogen) atoms. The minimum atomic E-state index is -0.552. The maximum absolute atomic E-state index is 12.0. The highest BCUT2D eigenvalue weighted by atomic mass is 16.3. The minimum Gasteiger partial charge on any atom is -0.394 e. The number of hydrogen-bond acceptors (Lipinski definition) is 4. The predicted octanol–water partition coefficient (Wildman–Crippen LogP) is 0.260. The first-order valence-corrected chi connectivity index (χ1v) is 7.36. The zero-order valence-electron chi connectivity index (χ0n) is 12.1. The molecule has 0 saturated carbocycles. The van der Waals surface area contributed by atoms with Crippen molar-refractivity contribution in [2.75, 3.05) is 19.8 Å². The molecule has 3 atom stereocenters. The van der Waals surface area contributed by atoms with Gasteiger partial charge in [-0.05, 0) is 37.6 Å². The van der Waals surface area contributed by atoms with Crippen LogP contribution in [0, 0.1) is 11.8 Å². The smallest absolute Gasteiger partial charge is 0.237 e. The number of aliphatic hydroxyl groups excluding tert-OH is 2. The van der Waals surface area contributed by atoms with Gasteiger partial charge in [0.15, 0.2) is 0 Å². The molecule has 112 valence electrons. The molecule has 1 saturated heterocycles. The number of hydrogen-bond donors (Lipinski definition) is 4. The summed E-state index contributed by atoms with van der Waals surface area (Å²) in [7, 11) is 0. The number of amides is 1. The summed E-state index contributed by atoms with van der Waals surface area (Å²) in [6, 6.07) is -0.743. The average molecular weight is 272 g/mol. The van der Waals surface area contributed by atoms with Crippen molar-refractivity contribution in [3.8, 4) is 0 Å². The standard InChI is InChI=1S/C14H28N2O3/c1-3-10(2)6-11-4-5-15-13(7-11)14(19)16-12(8-17)9-18/h10-13,15,17-18H,3-9H2,1-2H3,(H,16,19). The zero-order chi connectivity index (χ0) is 14.3. The molecule has 1 rings (SSSR count). The molecular weight excluding hydrogens is 244 g/mol. The van der Waals surface area contributed by atoms with Gasteiger partial charge in [-0.15, -0.1) is 0 Å². The molecule has 0 radical (unpaired) electrons. The lowest BCUT2D eigenvalue weighted by Crippen LogP contribution is -2.52. The second-order valence-corrected chi connectivity index (χ2v) is 5.72. The Morgan fingerprint density at radius 2 is 2.11 bits per heavy atom. The number of carbonyl (C=O) groups excluding carboxylic acids is 1. The molecule has 3 unspecified atom stereocenters. The summed E-state index contributed by atoms with van der Waals surface area (Å²) in [5.41, 5.74) is 0. The number of piperidine rings is 1. The second-order valence-electron chi connectivity index (χ2n) is 5.72. The van der Waals surface area contributed by atoms with E-state index in [1.165, 1.54) is 12.8 Å². The average Bonchev–Trinajstić information content (AvgIpc) is 2.44. The van der Waals surface area contributed by atoms with Crippen LogP contribution in [0.2, 0.25) is 0 Å². The van der Waals surface area contributed by atoms with E-state index in [9.17, 15) is 4.79 Å². The zero-order valence-corrected chi connectivity index (χ0v) is 12.1. The Bertz CT molecular complexity index is 269. The van der Waals surface area contributed by atoms with E-state index in [1.807, 2.05) is 0 Å². The van der Waals surface area contributed by atoms with Crippen LogP contribution in [0.25, 0.3) is 0 Å². The molecule has 0 aromatic carbocycles. The molecule has 0 aliphatic carbocycles. The maximum Gasteiger partial charge on any atom is 0.237 e. The van der Waals surface area contributed by atoms with Crippen molar-refractivity contribution in [1.29, 1.82) is 0 Å². The van der Waals surface area contributed by atoms with Crippen molar-refractivity contribution in [2.24, 2.45) is 11.8 Å². The Morgan fingerprint density at radius 3 is 2.68 bits per heavy atom. The summed E-state index contributed by atoms with van der Waals surface area (Å²) in [6.45, 7) is 4.85. The largest absolute Gasteiger partial charge is 0.394 e. The molecular formula is C14H28N2O3. The SMILES string of the molecule is CCC(C)CC1CCNC(C(=O)NC(CO)CO)C1. The van der Waals surface area contributed by atoms with E-state index in [-0.39, 0.29) is 25.2 Å². The highest BCUT2D eigenvalue weighted by Gasteiger charge is 2.28. The fraction of sp³-hybridized carbons (Fsp3) is 0.929. The molecule has 5 nitrogen and oxygen atoms in total. The molecule has 1 fully saturated rings. The fourth-order valence-corrected chi connectivity index (χ4v) is 2.60. The van der Waals surface area contributed by atoms with Crippen LogP contribution < -0.4 is 10.6 Å². The second kappa shape index (κ2) is 8.51. The molecule has 0 spiro atoms. The van der Waals surface area contributed by atoms with Gasteiger partial charge in [0, 0.05) is 0 Å². The summed E-state index contributed by atoms with van der Waals surface area (Å²) in [5, 5.41) is 23.9. The van der Waals surface area contributed by atoms with Crippen LogP contribution in [0.4, 0.5) is 0 Å². The first kappa shape index (κ1) is 16.4. The molecule has 0 aromatic rings. The van der Waals surface area contributed by atoms with Crippen LogP contribution in [-0.2, 0) is 4.79 Å². The minimum absolute atomic E-state index is 0.109. The fourth-order valence-electron chi connectivity index (χ4n) is 2.60. The Kier molecular flexibility index (Phi) is 7.34. The third-order valence-corrected chi connectivity index (χ3v) is 4.05. The summed E-state index contributed by atoms with van der Waals surface area (Å²) >= 11 is 0. The molecule has 0 bridgehead atoms. The Labute approximate surface area is 115 Å². The van der Waals surface area contributed by atoms with E-state index in [0.29, 0.717) is 11.8 Å². The Balaban J connectivity index is 2.42. The van der Waals surface area contributed by atoms with Gasteiger partial charge in [-0.1, -0.05) is 20.3 Å². The normalized spacial score (nSPS) is 25.3. The van der Waals surface area contributed by atoms with Crippen molar-refractivity contribution >= 4 is 5.91 Å². The van der Waals surface area contributed by atoms with Crippen LogP contribution in [0.15, 0.2) is 0 Å². The van der Waals surface area contributed by atoms with Gasteiger partial charge in [-0.25, -0.2) is 0 Å². The third kappa shape index (κ3) is 5.47. The first-order valence-electron chi connectivity index (χ1n) is 7.36. The number of carbonyl (C=O) groups is 1. The van der Waals surface area contributed by atoms with E-state index in [1.54, 1.807) is 0 Å². The first-order chi connectivity index (χ1) is 9.10. The van der Waals surface area contributed by atoms with Crippen LogP contribution in [0.1, 0.15) is 39.5 Å². The van der Waals surface area contributed by atoms with Gasteiger partial charge in [0.1, 0.15) is 0 Å². The predicted molar refractivity (Wildman–Crippen MR) is 74.7 cm³/mol. The van der Waals surface area contributed by atoms with Gasteiger partial charge < -0.3 is 20.8 Å². The van der Waals surface area contributed by atoms with Gasteiger partial charge in [0.25, 0.3) is 0 Å². The quantitative estimate of drug-likeness (QED) is 0.536. The van der Waals surface area contributed by atoms with Crippen LogP contribution in [0.5, 0.6) is 0 Å².